The molecule has 0 aliphatic heterocycles. The minimum atomic E-state index is -0.168. The summed E-state index contributed by atoms with van der Waals surface area (Å²) >= 11 is 11.1. The minimum Gasteiger partial charge on any atom is -0.492 e. The number of halogens is 1. The first-order valence-corrected chi connectivity index (χ1v) is 7.53. The first-order valence-electron chi connectivity index (χ1n) is 6.74. The van der Waals surface area contributed by atoms with Gasteiger partial charge in [0.15, 0.2) is 4.77 Å². The molecule has 0 saturated carbocycles. The van der Waals surface area contributed by atoms with E-state index in [4.69, 9.17) is 28.6 Å². The van der Waals surface area contributed by atoms with Crippen LogP contribution in [0.25, 0.3) is 0 Å². The number of rotatable bonds is 5. The van der Waals surface area contributed by atoms with Gasteiger partial charge in [-0.25, -0.2) is 0 Å². The average Bonchev–Trinajstić information content (AvgIpc) is 2.42. The molecule has 0 spiro atoms. The zero-order valence-electron chi connectivity index (χ0n) is 12.0. The van der Waals surface area contributed by atoms with Crippen LogP contribution in [0, 0.1) is 11.7 Å². The number of ether oxygens (including phenoxy) is 1. The van der Waals surface area contributed by atoms with Gasteiger partial charge >= 0.3 is 0 Å². The van der Waals surface area contributed by atoms with Gasteiger partial charge in [0.25, 0.3) is 5.56 Å². The number of nitrogens with one attached hydrogen (secondary N) is 2. The van der Waals surface area contributed by atoms with E-state index in [0.717, 1.165) is 17.7 Å². The molecule has 6 heteroatoms. The van der Waals surface area contributed by atoms with Crippen molar-refractivity contribution in [1.82, 2.24) is 9.97 Å². The molecule has 1 aromatic carbocycles. The Morgan fingerprint density at radius 2 is 2.10 bits per heavy atom. The van der Waals surface area contributed by atoms with Gasteiger partial charge in [-0.2, -0.15) is 0 Å². The highest BCUT2D eigenvalue weighted by Crippen LogP contribution is 2.26. The zero-order chi connectivity index (χ0) is 15.4. The molecule has 0 aliphatic rings. The van der Waals surface area contributed by atoms with Crippen molar-refractivity contribution in [2.45, 2.75) is 26.7 Å². The Bertz CT molecular complexity index is 752. The van der Waals surface area contributed by atoms with E-state index in [9.17, 15) is 4.79 Å². The fourth-order valence-electron chi connectivity index (χ4n) is 2.03. The standard InChI is InChI=1S/C15H17ClN2O2S/c1-3-6-20-13-5-4-10(8-12(13)16)7-11-9(2)17-15(21)18-14(11)19/h4-5,8H,3,6-7H2,1-2H3,(H2,17,18,19,21). The number of benzene rings is 1. The van der Waals surface area contributed by atoms with Crippen LogP contribution < -0.4 is 10.3 Å². The van der Waals surface area contributed by atoms with Crippen LogP contribution in [0.5, 0.6) is 5.75 Å². The predicted octanol–water partition coefficient (Wildman–Crippen LogP) is 3.77. The molecule has 0 aliphatic carbocycles. The summed E-state index contributed by atoms with van der Waals surface area (Å²) < 4.78 is 5.87. The van der Waals surface area contributed by atoms with Crippen LogP contribution in [0.2, 0.25) is 5.02 Å². The van der Waals surface area contributed by atoms with E-state index in [1.165, 1.54) is 0 Å². The molecule has 1 aromatic heterocycles. The second-order valence-corrected chi connectivity index (χ2v) is 5.62. The maximum atomic E-state index is 12.0. The Morgan fingerprint density at radius 1 is 1.33 bits per heavy atom. The molecule has 112 valence electrons. The van der Waals surface area contributed by atoms with Gasteiger partial charge in [0.1, 0.15) is 5.75 Å². The molecule has 2 aromatic rings. The fraction of sp³-hybridized carbons (Fsp3) is 0.333. The summed E-state index contributed by atoms with van der Waals surface area (Å²) in [6, 6.07) is 5.58. The Balaban J connectivity index is 2.27. The number of H-pyrrole nitrogens is 2. The van der Waals surface area contributed by atoms with E-state index < -0.39 is 0 Å². The second-order valence-electron chi connectivity index (χ2n) is 4.80. The summed E-state index contributed by atoms with van der Waals surface area (Å²) in [7, 11) is 0. The molecule has 0 radical (unpaired) electrons. The second kappa shape index (κ2) is 6.91. The van der Waals surface area contributed by atoms with Gasteiger partial charge in [0.2, 0.25) is 0 Å². The van der Waals surface area contributed by atoms with Crippen molar-refractivity contribution >= 4 is 23.8 Å². The van der Waals surface area contributed by atoms with Crippen LogP contribution >= 0.6 is 23.8 Å². The van der Waals surface area contributed by atoms with Crippen LogP contribution in [0.1, 0.15) is 30.2 Å². The third kappa shape index (κ3) is 3.95. The lowest BCUT2D eigenvalue weighted by atomic mass is 10.1. The molecule has 1 heterocycles. The third-order valence-electron chi connectivity index (χ3n) is 3.09. The first-order chi connectivity index (χ1) is 10.0. The zero-order valence-corrected chi connectivity index (χ0v) is 13.5. The highest BCUT2D eigenvalue weighted by molar-refractivity contribution is 7.71. The summed E-state index contributed by atoms with van der Waals surface area (Å²) in [4.78, 5) is 17.5. The van der Waals surface area contributed by atoms with Crippen molar-refractivity contribution in [1.29, 1.82) is 0 Å². The molecule has 4 nitrogen and oxygen atoms in total. The molecular weight excluding hydrogens is 308 g/mol. The average molecular weight is 325 g/mol. The first kappa shape index (κ1) is 15.8. The van der Waals surface area contributed by atoms with Gasteiger partial charge in [-0.15, -0.1) is 0 Å². The van der Waals surface area contributed by atoms with Gasteiger partial charge in [0, 0.05) is 17.7 Å². The Hall–Kier alpha value is -1.59. The number of hydrogen-bond donors (Lipinski definition) is 2. The summed E-state index contributed by atoms with van der Waals surface area (Å²) in [6.45, 7) is 4.50. The quantitative estimate of drug-likeness (QED) is 0.823. The van der Waals surface area contributed by atoms with Crippen molar-refractivity contribution in [2.75, 3.05) is 6.61 Å². The van der Waals surface area contributed by atoms with Crippen LogP contribution in [0.4, 0.5) is 0 Å². The normalized spacial score (nSPS) is 10.6. The molecule has 21 heavy (non-hydrogen) atoms. The van der Waals surface area contributed by atoms with Gasteiger partial charge in [-0.05, 0) is 43.3 Å². The smallest absolute Gasteiger partial charge is 0.255 e. The lowest BCUT2D eigenvalue weighted by molar-refractivity contribution is 0.317. The largest absolute Gasteiger partial charge is 0.492 e. The van der Waals surface area contributed by atoms with E-state index in [1.807, 2.05) is 32.0 Å². The summed E-state index contributed by atoms with van der Waals surface area (Å²) in [6.07, 6.45) is 1.41. The van der Waals surface area contributed by atoms with E-state index in [2.05, 4.69) is 9.97 Å². The van der Waals surface area contributed by atoms with Gasteiger partial charge < -0.3 is 9.72 Å². The molecule has 0 unspecified atom stereocenters. The molecule has 2 N–H and O–H groups in total. The number of aromatic amines is 2. The summed E-state index contributed by atoms with van der Waals surface area (Å²) in [5.41, 5.74) is 2.20. The van der Waals surface area contributed by atoms with Crippen LogP contribution in [-0.4, -0.2) is 16.6 Å². The summed E-state index contributed by atoms with van der Waals surface area (Å²) in [5, 5.41) is 0.555. The van der Waals surface area contributed by atoms with E-state index >= 15 is 0 Å². The van der Waals surface area contributed by atoms with Crippen molar-refractivity contribution in [3.05, 3.63) is 55.2 Å². The summed E-state index contributed by atoms with van der Waals surface area (Å²) in [5.74, 6) is 0.667. The molecule has 0 saturated heterocycles. The molecule has 0 atom stereocenters. The Morgan fingerprint density at radius 3 is 2.71 bits per heavy atom. The van der Waals surface area contributed by atoms with Crippen molar-refractivity contribution in [3.63, 3.8) is 0 Å². The predicted molar refractivity (Wildman–Crippen MR) is 87.0 cm³/mol. The van der Waals surface area contributed by atoms with E-state index in [1.54, 1.807) is 0 Å². The van der Waals surface area contributed by atoms with Crippen molar-refractivity contribution in [3.8, 4) is 5.75 Å². The topological polar surface area (TPSA) is 57.9 Å². The van der Waals surface area contributed by atoms with E-state index in [-0.39, 0.29) is 5.56 Å². The lowest BCUT2D eigenvalue weighted by Gasteiger charge is -2.09. The SMILES string of the molecule is CCCOc1ccc(Cc2c(C)[nH]c(=S)[nH]c2=O)cc1Cl. The van der Waals surface area contributed by atoms with Crippen LogP contribution in [0.3, 0.4) is 0 Å². The number of aromatic nitrogens is 2. The van der Waals surface area contributed by atoms with Gasteiger partial charge in [0.05, 0.1) is 11.6 Å². The van der Waals surface area contributed by atoms with E-state index in [0.29, 0.717) is 34.1 Å². The molecule has 2 rings (SSSR count). The monoisotopic (exact) mass is 324 g/mol. The Kier molecular flexibility index (Phi) is 5.20. The maximum absolute atomic E-state index is 12.0. The highest BCUT2D eigenvalue weighted by Gasteiger charge is 2.08. The van der Waals surface area contributed by atoms with Crippen molar-refractivity contribution in [2.24, 2.45) is 0 Å². The number of hydrogen-bond acceptors (Lipinski definition) is 3. The fourth-order valence-corrected chi connectivity index (χ4v) is 2.53. The van der Waals surface area contributed by atoms with Crippen molar-refractivity contribution < 1.29 is 4.74 Å². The van der Waals surface area contributed by atoms with Gasteiger partial charge in [-0.1, -0.05) is 24.6 Å². The minimum absolute atomic E-state index is 0.168. The van der Waals surface area contributed by atoms with Gasteiger partial charge in [-0.3, -0.25) is 9.78 Å². The van der Waals surface area contributed by atoms with Crippen LogP contribution in [0.15, 0.2) is 23.0 Å². The lowest BCUT2D eigenvalue weighted by Crippen LogP contribution is -2.16. The third-order valence-corrected chi connectivity index (χ3v) is 3.59. The van der Waals surface area contributed by atoms with Crippen LogP contribution in [-0.2, 0) is 6.42 Å². The molecule has 0 fully saturated rings. The highest BCUT2D eigenvalue weighted by atomic mass is 35.5. The Labute approximate surface area is 133 Å². The molecular formula is C15H17ClN2O2S. The maximum Gasteiger partial charge on any atom is 0.255 e. The molecule has 0 amide bonds. The number of aryl methyl sites for hydroxylation is 1. The molecule has 0 bridgehead atoms.